The minimum absolute atomic E-state index is 0.100. The third kappa shape index (κ3) is 7.15. The Labute approximate surface area is 211 Å². The summed E-state index contributed by atoms with van der Waals surface area (Å²) in [5, 5.41) is 14.6. The van der Waals surface area contributed by atoms with Crippen molar-refractivity contribution in [2.75, 3.05) is 13.2 Å². The maximum atomic E-state index is 11.8. The van der Waals surface area contributed by atoms with E-state index >= 15 is 0 Å². The standard InChI is InChI=1S/C23H22Cl2N2O4.HNO3/c1-2-22(28)16-3-6-18(7-4-16)29-12-19-13-30-23(31-19,14-27-10-9-26-15-27)20-8-5-17(24)11-21(20)25;2-1(3)4/h3-11,15,19H,2,12-14H2,1H3;(H,2,3,4). The lowest BCUT2D eigenvalue weighted by Crippen LogP contribution is -2.34. The highest BCUT2D eigenvalue weighted by Crippen LogP contribution is 2.40. The molecule has 1 fully saturated rings. The molecule has 2 atom stereocenters. The van der Waals surface area contributed by atoms with Crippen LogP contribution in [-0.4, -0.2) is 44.9 Å². The summed E-state index contributed by atoms with van der Waals surface area (Å²) in [5.74, 6) is -0.329. The number of ether oxygens (including phenoxy) is 3. The van der Waals surface area contributed by atoms with Gasteiger partial charge in [-0.25, -0.2) is 4.98 Å². The third-order valence-electron chi connectivity index (χ3n) is 5.08. The highest BCUT2D eigenvalue weighted by Gasteiger charge is 2.45. The number of hydrogen-bond acceptors (Lipinski definition) is 7. The van der Waals surface area contributed by atoms with Crippen LogP contribution in [0.25, 0.3) is 0 Å². The molecule has 2 aromatic carbocycles. The van der Waals surface area contributed by atoms with Crippen LogP contribution < -0.4 is 4.74 Å². The van der Waals surface area contributed by atoms with Crippen LogP contribution in [0.2, 0.25) is 10.0 Å². The molecule has 2 unspecified atom stereocenters. The van der Waals surface area contributed by atoms with Crippen LogP contribution in [0.4, 0.5) is 0 Å². The van der Waals surface area contributed by atoms with E-state index in [1.54, 1.807) is 48.9 Å². The minimum atomic E-state index is -1.50. The van der Waals surface area contributed by atoms with Crippen molar-refractivity contribution in [1.29, 1.82) is 0 Å². The molecule has 35 heavy (non-hydrogen) atoms. The Hall–Kier alpha value is -3.18. The largest absolute Gasteiger partial charge is 0.491 e. The lowest BCUT2D eigenvalue weighted by atomic mass is 10.1. The fraction of sp³-hybridized carbons (Fsp3) is 0.304. The van der Waals surface area contributed by atoms with Crippen molar-refractivity contribution in [1.82, 2.24) is 9.55 Å². The second-order valence-electron chi connectivity index (χ2n) is 7.51. The lowest BCUT2D eigenvalue weighted by Gasteiger charge is -2.30. The number of hydrogen-bond donors (Lipinski definition) is 1. The smallest absolute Gasteiger partial charge is 0.291 e. The first-order valence-corrected chi connectivity index (χ1v) is 11.3. The predicted molar refractivity (Wildman–Crippen MR) is 127 cm³/mol. The monoisotopic (exact) mass is 523 g/mol. The van der Waals surface area contributed by atoms with E-state index in [2.05, 4.69) is 4.98 Å². The number of nitrogens with zero attached hydrogens (tertiary/aromatic N) is 3. The SMILES string of the molecule is CCC(=O)c1ccc(OCC2COC(Cn3ccnc3)(c3ccc(Cl)cc3Cl)O2)cc1.O=[N+]([O-])O. The highest BCUT2D eigenvalue weighted by atomic mass is 35.5. The Morgan fingerprint density at radius 1 is 1.31 bits per heavy atom. The van der Waals surface area contributed by atoms with Crippen LogP contribution in [0.5, 0.6) is 5.75 Å². The predicted octanol–water partition coefficient (Wildman–Crippen LogP) is 4.78. The second-order valence-corrected chi connectivity index (χ2v) is 8.36. The molecule has 10 nitrogen and oxygen atoms in total. The van der Waals surface area contributed by atoms with Gasteiger partial charge in [0.25, 0.3) is 5.09 Å². The fourth-order valence-corrected chi connectivity index (χ4v) is 4.06. The molecule has 1 N–H and O–H groups in total. The van der Waals surface area contributed by atoms with Crippen LogP contribution >= 0.6 is 23.2 Å². The van der Waals surface area contributed by atoms with E-state index in [-0.39, 0.29) is 18.5 Å². The number of imidazole rings is 1. The van der Waals surface area contributed by atoms with Gasteiger partial charge in [0.2, 0.25) is 5.79 Å². The molecule has 0 radical (unpaired) electrons. The van der Waals surface area contributed by atoms with E-state index in [1.165, 1.54) is 0 Å². The summed E-state index contributed by atoms with van der Waals surface area (Å²) < 4.78 is 20.3. The third-order valence-corrected chi connectivity index (χ3v) is 5.63. The Morgan fingerprint density at radius 3 is 2.63 bits per heavy atom. The van der Waals surface area contributed by atoms with Crippen molar-refractivity contribution in [3.8, 4) is 5.75 Å². The van der Waals surface area contributed by atoms with Gasteiger partial charge in [0.1, 0.15) is 18.5 Å². The van der Waals surface area contributed by atoms with Crippen LogP contribution in [0.3, 0.4) is 0 Å². The van der Waals surface area contributed by atoms with Gasteiger partial charge >= 0.3 is 0 Å². The quantitative estimate of drug-likeness (QED) is 0.254. The molecular formula is C23H23Cl2N3O7. The first kappa shape index (κ1) is 26.4. The van der Waals surface area contributed by atoms with Gasteiger partial charge in [-0.1, -0.05) is 36.2 Å². The van der Waals surface area contributed by atoms with Crippen molar-refractivity contribution >= 4 is 29.0 Å². The zero-order valence-corrected chi connectivity index (χ0v) is 20.2. The molecule has 1 saturated heterocycles. The normalized spacial score (nSPS) is 19.0. The summed E-state index contributed by atoms with van der Waals surface area (Å²) in [5.41, 5.74) is 1.37. The lowest BCUT2D eigenvalue weighted by molar-refractivity contribution is -0.742. The molecule has 1 aliphatic rings. The Balaban J connectivity index is 0.000000795. The van der Waals surface area contributed by atoms with Crippen LogP contribution in [0.15, 0.2) is 61.2 Å². The Morgan fingerprint density at radius 2 is 2.03 bits per heavy atom. The van der Waals surface area contributed by atoms with E-state index in [0.29, 0.717) is 46.5 Å². The van der Waals surface area contributed by atoms with Gasteiger partial charge in [-0.3, -0.25) is 4.79 Å². The molecule has 4 rings (SSSR count). The summed E-state index contributed by atoms with van der Waals surface area (Å²) in [6, 6.07) is 12.3. The number of ketones is 1. The van der Waals surface area contributed by atoms with Gasteiger partial charge in [-0.15, -0.1) is 10.1 Å². The molecule has 1 aliphatic heterocycles. The summed E-state index contributed by atoms with van der Waals surface area (Å²) in [6.45, 7) is 2.84. The van der Waals surface area contributed by atoms with E-state index in [9.17, 15) is 4.79 Å². The number of carbonyl (C=O) groups excluding carboxylic acids is 1. The summed E-state index contributed by atoms with van der Waals surface area (Å²) in [6.07, 6.45) is 5.38. The van der Waals surface area contributed by atoms with Crippen molar-refractivity contribution in [2.45, 2.75) is 31.8 Å². The zero-order valence-electron chi connectivity index (χ0n) is 18.7. The van der Waals surface area contributed by atoms with Gasteiger partial charge in [-0.05, 0) is 36.4 Å². The Bertz CT molecular complexity index is 1140. The van der Waals surface area contributed by atoms with Gasteiger partial charge in [0, 0.05) is 35.0 Å². The van der Waals surface area contributed by atoms with Crippen LogP contribution in [0.1, 0.15) is 29.3 Å². The number of carbonyl (C=O) groups is 1. The molecule has 186 valence electrons. The molecule has 3 aromatic rings. The van der Waals surface area contributed by atoms with Crippen molar-refractivity contribution in [2.24, 2.45) is 0 Å². The minimum Gasteiger partial charge on any atom is -0.491 e. The average molecular weight is 524 g/mol. The molecule has 0 bridgehead atoms. The van der Waals surface area contributed by atoms with Crippen molar-refractivity contribution < 1.29 is 29.3 Å². The topological polar surface area (TPSA) is 126 Å². The van der Waals surface area contributed by atoms with E-state index < -0.39 is 10.9 Å². The van der Waals surface area contributed by atoms with Crippen LogP contribution in [0, 0.1) is 10.1 Å². The number of aromatic nitrogens is 2. The van der Waals surface area contributed by atoms with E-state index in [1.807, 2.05) is 23.8 Å². The van der Waals surface area contributed by atoms with Gasteiger partial charge in [0.05, 0.1) is 24.5 Å². The van der Waals surface area contributed by atoms with Gasteiger partial charge in [0.15, 0.2) is 5.78 Å². The summed E-state index contributed by atoms with van der Waals surface area (Å²) >= 11 is 12.6. The van der Waals surface area contributed by atoms with E-state index in [4.69, 9.17) is 52.7 Å². The number of benzene rings is 2. The van der Waals surface area contributed by atoms with E-state index in [0.717, 1.165) is 0 Å². The molecule has 0 amide bonds. The number of Topliss-reactive ketones (excluding diaryl/α,β-unsaturated/α-hetero) is 1. The average Bonchev–Trinajstić information content (AvgIpc) is 3.48. The molecule has 0 saturated carbocycles. The number of rotatable bonds is 8. The Kier molecular flexibility index (Phi) is 9.05. The molecule has 12 heteroatoms. The summed E-state index contributed by atoms with van der Waals surface area (Å²) in [7, 11) is 0. The molecule has 2 heterocycles. The molecule has 0 aliphatic carbocycles. The summed E-state index contributed by atoms with van der Waals surface area (Å²) in [4.78, 5) is 24.2. The van der Waals surface area contributed by atoms with Gasteiger partial charge < -0.3 is 24.0 Å². The number of halogens is 2. The van der Waals surface area contributed by atoms with Crippen molar-refractivity contribution in [3.63, 3.8) is 0 Å². The fourth-order valence-electron chi connectivity index (χ4n) is 3.51. The molecule has 0 spiro atoms. The maximum absolute atomic E-state index is 11.8. The first-order chi connectivity index (χ1) is 16.7. The van der Waals surface area contributed by atoms with Gasteiger partial charge in [-0.2, -0.15) is 0 Å². The van der Waals surface area contributed by atoms with Crippen molar-refractivity contribution in [3.05, 3.63) is 92.5 Å². The zero-order chi connectivity index (χ0) is 25.4. The highest BCUT2D eigenvalue weighted by molar-refractivity contribution is 6.35. The molecular weight excluding hydrogens is 501 g/mol. The maximum Gasteiger partial charge on any atom is 0.291 e. The van der Waals surface area contributed by atoms with Crippen LogP contribution in [-0.2, 0) is 21.8 Å². The molecule has 1 aromatic heterocycles. The second kappa shape index (κ2) is 12.0. The first-order valence-electron chi connectivity index (χ1n) is 10.5.